The van der Waals surface area contributed by atoms with Crippen LogP contribution in [0.1, 0.15) is 24.6 Å². The van der Waals surface area contributed by atoms with E-state index in [0.29, 0.717) is 18.4 Å². The van der Waals surface area contributed by atoms with Crippen LogP contribution in [0.25, 0.3) is 0 Å². The molecule has 206 valence electrons. The zero-order valence-corrected chi connectivity index (χ0v) is 21.7. The Morgan fingerprint density at radius 2 is 1.85 bits per heavy atom. The maximum Gasteiger partial charge on any atom is 0.459 e. The molecule has 1 saturated carbocycles. The second kappa shape index (κ2) is 10.9. The topological polar surface area (TPSA) is 175 Å². The Morgan fingerprint density at radius 1 is 1.18 bits per heavy atom. The largest absolute Gasteiger partial charge is 0.480 e. The lowest BCUT2D eigenvalue weighted by Gasteiger charge is -2.25. The summed E-state index contributed by atoms with van der Waals surface area (Å²) in [5, 5.41) is 23.5. The van der Waals surface area contributed by atoms with Crippen LogP contribution in [0.5, 0.6) is 5.75 Å². The number of hydrogen-bond acceptors (Lipinski definition) is 9. The summed E-state index contributed by atoms with van der Waals surface area (Å²) in [5.41, 5.74) is 4.96. The number of rotatable bonds is 11. The number of ether oxygens (including phenoxy) is 1. The summed E-state index contributed by atoms with van der Waals surface area (Å²) < 4.78 is 32.6. The van der Waals surface area contributed by atoms with Crippen LogP contribution >= 0.6 is 7.75 Å². The van der Waals surface area contributed by atoms with Gasteiger partial charge in [0.25, 0.3) is 0 Å². The van der Waals surface area contributed by atoms with Crippen LogP contribution in [0.3, 0.4) is 0 Å². The SMILES string of the molecule is Nc1ccn([C@@H]2O[C@H](COP(=O)(NC(Cc3ccccc3)C(=O)O)Oc3ccccc3)[C@@H](O)C23CC3)c(=O)n1. The van der Waals surface area contributed by atoms with Crippen LogP contribution in [-0.4, -0.2) is 50.6 Å². The number of carboxylic acid groups (broad SMARTS) is 1. The number of nitrogen functional groups attached to an aromatic ring is 1. The van der Waals surface area contributed by atoms with Crippen LogP contribution in [0.2, 0.25) is 0 Å². The molecule has 2 fully saturated rings. The van der Waals surface area contributed by atoms with E-state index in [4.69, 9.17) is 19.5 Å². The van der Waals surface area contributed by atoms with Gasteiger partial charge in [0.05, 0.1) is 12.7 Å². The molecule has 2 aliphatic rings. The van der Waals surface area contributed by atoms with Gasteiger partial charge in [0.2, 0.25) is 0 Å². The number of carboxylic acids is 1. The molecule has 39 heavy (non-hydrogen) atoms. The van der Waals surface area contributed by atoms with Crippen LogP contribution in [-0.2, 0) is 25.0 Å². The van der Waals surface area contributed by atoms with E-state index in [1.165, 1.54) is 16.8 Å². The minimum absolute atomic E-state index is 0.0163. The number of aliphatic carboxylic acids is 1. The summed E-state index contributed by atoms with van der Waals surface area (Å²) in [6, 6.07) is 17.2. The summed E-state index contributed by atoms with van der Waals surface area (Å²) in [6.07, 6.45) is -0.180. The first kappa shape index (κ1) is 27.0. The molecule has 12 nitrogen and oxygen atoms in total. The molecule has 13 heteroatoms. The second-order valence-corrected chi connectivity index (χ2v) is 11.3. The molecule has 5 rings (SSSR count). The van der Waals surface area contributed by atoms with E-state index < -0.39 is 55.9 Å². The fourth-order valence-electron chi connectivity index (χ4n) is 4.77. The zero-order valence-electron chi connectivity index (χ0n) is 20.8. The molecular weight excluding hydrogens is 527 g/mol. The van der Waals surface area contributed by atoms with Crippen molar-refractivity contribution in [2.24, 2.45) is 5.41 Å². The van der Waals surface area contributed by atoms with Gasteiger partial charge in [-0.2, -0.15) is 10.1 Å². The number of benzene rings is 2. The van der Waals surface area contributed by atoms with Crippen LogP contribution in [0.4, 0.5) is 5.82 Å². The maximum atomic E-state index is 13.9. The van der Waals surface area contributed by atoms with Gasteiger partial charge >= 0.3 is 19.4 Å². The van der Waals surface area contributed by atoms with Gasteiger partial charge in [-0.3, -0.25) is 13.9 Å². The summed E-state index contributed by atoms with van der Waals surface area (Å²) in [5.74, 6) is -0.988. The standard InChI is InChI=1S/C26H29N4O8P/c27-21-11-14-30(25(34)28-21)24-26(12-13-26)22(31)20(37-24)16-36-39(35,38-18-9-5-2-6-10-18)29-19(23(32)33)15-17-7-3-1-4-8-17/h1-11,14,19-20,22,24,31H,12-13,15-16H2,(H,29,35)(H,32,33)(H2,27,28,34)/t19?,20-,22-,24-,39?/m1/s1. The van der Waals surface area contributed by atoms with Gasteiger partial charge in [0, 0.05) is 11.6 Å². The van der Waals surface area contributed by atoms with Gasteiger partial charge in [0.1, 0.15) is 29.9 Å². The van der Waals surface area contributed by atoms with E-state index in [1.54, 1.807) is 60.7 Å². The van der Waals surface area contributed by atoms with Crippen molar-refractivity contribution in [1.29, 1.82) is 0 Å². The van der Waals surface area contributed by atoms with Crippen molar-refractivity contribution in [2.45, 2.75) is 43.7 Å². The molecule has 0 amide bonds. The van der Waals surface area contributed by atoms with Crippen molar-refractivity contribution in [3.8, 4) is 5.75 Å². The number of nitrogens with two attached hydrogens (primary N) is 1. The monoisotopic (exact) mass is 556 g/mol. The Labute approximate surface area is 223 Å². The van der Waals surface area contributed by atoms with Crippen LogP contribution in [0.15, 0.2) is 77.7 Å². The van der Waals surface area contributed by atoms with E-state index >= 15 is 0 Å². The molecular formula is C26H29N4O8P. The molecule has 2 heterocycles. The Bertz CT molecular complexity index is 1420. The van der Waals surface area contributed by atoms with Crippen molar-refractivity contribution in [1.82, 2.24) is 14.6 Å². The van der Waals surface area contributed by atoms with Crippen LogP contribution < -0.4 is 21.0 Å². The molecule has 1 aromatic heterocycles. The van der Waals surface area contributed by atoms with Gasteiger partial charge in [-0.1, -0.05) is 48.5 Å². The number of para-hydroxylation sites is 1. The van der Waals surface area contributed by atoms with Crippen molar-refractivity contribution < 1.29 is 33.4 Å². The van der Waals surface area contributed by atoms with Gasteiger partial charge in [-0.05, 0) is 43.0 Å². The summed E-state index contributed by atoms with van der Waals surface area (Å²) in [7, 11) is -4.32. The smallest absolute Gasteiger partial charge is 0.459 e. The van der Waals surface area contributed by atoms with E-state index in [1.807, 2.05) is 0 Å². The minimum Gasteiger partial charge on any atom is -0.480 e. The summed E-state index contributed by atoms with van der Waals surface area (Å²) >= 11 is 0. The molecule has 0 bridgehead atoms. The number of aliphatic hydroxyl groups is 1. The van der Waals surface area contributed by atoms with E-state index in [9.17, 15) is 24.4 Å². The molecule has 5 atom stereocenters. The lowest BCUT2D eigenvalue weighted by Crippen LogP contribution is -2.39. The average molecular weight is 557 g/mol. The van der Waals surface area contributed by atoms with Gasteiger partial charge in [0.15, 0.2) is 0 Å². The number of carbonyl (C=O) groups is 1. The first-order valence-corrected chi connectivity index (χ1v) is 14.0. The lowest BCUT2D eigenvalue weighted by molar-refractivity contribution is -0.139. The number of anilines is 1. The highest BCUT2D eigenvalue weighted by molar-refractivity contribution is 7.52. The molecule has 3 aromatic rings. The zero-order chi connectivity index (χ0) is 27.6. The Morgan fingerprint density at radius 3 is 2.46 bits per heavy atom. The van der Waals surface area contributed by atoms with Crippen molar-refractivity contribution in [3.63, 3.8) is 0 Å². The minimum atomic E-state index is -4.32. The highest BCUT2D eigenvalue weighted by Crippen LogP contribution is 2.62. The highest BCUT2D eigenvalue weighted by atomic mass is 31.2. The molecule has 1 saturated heterocycles. The summed E-state index contributed by atoms with van der Waals surface area (Å²) in [4.78, 5) is 28.3. The first-order chi connectivity index (χ1) is 18.7. The normalized spacial score (nSPS) is 23.7. The molecule has 1 aliphatic heterocycles. The third kappa shape index (κ3) is 5.90. The summed E-state index contributed by atoms with van der Waals surface area (Å²) in [6.45, 7) is -0.397. The highest BCUT2D eigenvalue weighted by Gasteiger charge is 2.64. The van der Waals surface area contributed by atoms with E-state index in [2.05, 4.69) is 10.1 Å². The predicted octanol–water partition coefficient (Wildman–Crippen LogP) is 2.35. The fraction of sp³-hybridized carbons (Fsp3) is 0.346. The molecule has 2 unspecified atom stereocenters. The van der Waals surface area contributed by atoms with Crippen molar-refractivity contribution >= 4 is 19.5 Å². The number of nitrogens with one attached hydrogen (secondary N) is 1. The lowest BCUT2D eigenvalue weighted by atomic mass is 9.96. The van der Waals surface area contributed by atoms with Gasteiger partial charge in [-0.15, -0.1) is 0 Å². The molecule has 1 spiro atoms. The van der Waals surface area contributed by atoms with Gasteiger partial charge in [-0.25, -0.2) is 9.36 Å². The predicted molar refractivity (Wildman–Crippen MR) is 140 cm³/mol. The Hall–Kier alpha value is -3.54. The third-order valence-electron chi connectivity index (χ3n) is 6.94. The second-order valence-electron chi connectivity index (χ2n) is 9.65. The molecule has 0 radical (unpaired) electrons. The van der Waals surface area contributed by atoms with E-state index in [-0.39, 0.29) is 18.0 Å². The van der Waals surface area contributed by atoms with Crippen LogP contribution in [0, 0.1) is 5.41 Å². The number of aromatic nitrogens is 2. The molecule has 5 N–H and O–H groups in total. The Balaban J connectivity index is 1.36. The number of aliphatic hydroxyl groups excluding tert-OH is 1. The first-order valence-electron chi connectivity index (χ1n) is 12.4. The molecule has 2 aromatic carbocycles. The van der Waals surface area contributed by atoms with Gasteiger partial charge < -0.3 is 25.2 Å². The number of hydrogen-bond donors (Lipinski definition) is 4. The number of nitrogens with zero attached hydrogens (tertiary/aromatic N) is 2. The van der Waals surface area contributed by atoms with Crippen molar-refractivity contribution in [2.75, 3.05) is 12.3 Å². The molecule has 1 aliphatic carbocycles. The third-order valence-corrected chi connectivity index (χ3v) is 8.51. The fourth-order valence-corrected chi connectivity index (χ4v) is 6.27. The van der Waals surface area contributed by atoms with Crippen molar-refractivity contribution in [3.05, 3.63) is 89.0 Å². The maximum absolute atomic E-state index is 13.9. The van der Waals surface area contributed by atoms with E-state index in [0.717, 1.165) is 0 Å². The Kier molecular flexibility index (Phi) is 7.57. The average Bonchev–Trinajstić information content (AvgIpc) is 3.67. The quantitative estimate of drug-likeness (QED) is 0.255.